The second kappa shape index (κ2) is 9.81. The Kier molecular flexibility index (Phi) is 6.62. The third kappa shape index (κ3) is 4.98. The van der Waals surface area contributed by atoms with Crippen LogP contribution in [-0.4, -0.2) is 24.8 Å². The van der Waals surface area contributed by atoms with Gasteiger partial charge >= 0.3 is 0 Å². The number of aliphatic hydroxyl groups excluding tert-OH is 1. The lowest BCUT2D eigenvalue weighted by Crippen LogP contribution is -2.34. The van der Waals surface area contributed by atoms with Gasteiger partial charge in [0.15, 0.2) is 0 Å². The number of piperidine rings is 1. The Morgan fingerprint density at radius 3 is 2.47 bits per heavy atom. The molecule has 5 rings (SSSR count). The van der Waals surface area contributed by atoms with Gasteiger partial charge in [-0.05, 0) is 95.7 Å². The number of benzene rings is 3. The zero-order chi connectivity index (χ0) is 23.5. The third-order valence-electron chi connectivity index (χ3n) is 7.72. The van der Waals surface area contributed by atoms with E-state index >= 15 is 0 Å². The van der Waals surface area contributed by atoms with Gasteiger partial charge in [-0.15, -0.1) is 0 Å². The van der Waals surface area contributed by atoms with Crippen molar-refractivity contribution in [2.24, 2.45) is 11.1 Å². The second-order valence-corrected chi connectivity index (χ2v) is 10.0. The Balaban J connectivity index is 1.45. The zero-order valence-electron chi connectivity index (χ0n) is 20.2. The maximum absolute atomic E-state index is 9.53. The van der Waals surface area contributed by atoms with Crippen LogP contribution in [0.4, 0.5) is 5.69 Å². The Morgan fingerprint density at radius 1 is 0.941 bits per heavy atom. The van der Waals surface area contributed by atoms with Crippen molar-refractivity contribution in [3.8, 4) is 16.9 Å². The minimum absolute atomic E-state index is 0.0606. The van der Waals surface area contributed by atoms with E-state index in [2.05, 4.69) is 60.4 Å². The Morgan fingerprint density at radius 2 is 1.74 bits per heavy atom. The van der Waals surface area contributed by atoms with Gasteiger partial charge in [-0.2, -0.15) is 0 Å². The molecule has 1 atom stereocenters. The zero-order valence-corrected chi connectivity index (χ0v) is 20.2. The van der Waals surface area contributed by atoms with E-state index in [9.17, 15) is 5.11 Å². The van der Waals surface area contributed by atoms with Gasteiger partial charge < -0.3 is 20.5 Å². The molecule has 34 heavy (non-hydrogen) atoms. The summed E-state index contributed by atoms with van der Waals surface area (Å²) < 4.78 is 6.30. The molecule has 0 amide bonds. The van der Waals surface area contributed by atoms with E-state index in [0.717, 1.165) is 36.4 Å². The summed E-state index contributed by atoms with van der Waals surface area (Å²) in [5.74, 6) is 0.960. The first-order valence-corrected chi connectivity index (χ1v) is 12.7. The highest BCUT2D eigenvalue weighted by atomic mass is 16.5. The van der Waals surface area contributed by atoms with Crippen molar-refractivity contribution in [2.45, 2.75) is 51.7 Å². The second-order valence-electron chi connectivity index (χ2n) is 10.0. The minimum Gasteiger partial charge on any atom is -0.489 e. The van der Waals surface area contributed by atoms with E-state index in [1.165, 1.54) is 48.1 Å². The van der Waals surface area contributed by atoms with Crippen LogP contribution in [0.3, 0.4) is 0 Å². The topological polar surface area (TPSA) is 58.7 Å². The highest BCUT2D eigenvalue weighted by molar-refractivity contribution is 5.70. The molecule has 1 aliphatic carbocycles. The number of nitrogens with two attached hydrogens (primary N) is 1. The summed E-state index contributed by atoms with van der Waals surface area (Å²) in [6.45, 7) is 4.88. The van der Waals surface area contributed by atoms with Gasteiger partial charge in [0, 0.05) is 18.8 Å². The summed E-state index contributed by atoms with van der Waals surface area (Å²) in [7, 11) is 0. The molecule has 1 aliphatic heterocycles. The quantitative estimate of drug-likeness (QED) is 0.445. The van der Waals surface area contributed by atoms with E-state index in [0.29, 0.717) is 12.0 Å². The molecule has 0 unspecified atom stereocenters. The van der Waals surface area contributed by atoms with E-state index in [1.807, 2.05) is 18.2 Å². The van der Waals surface area contributed by atoms with Crippen molar-refractivity contribution in [2.75, 3.05) is 24.6 Å². The first kappa shape index (κ1) is 22.9. The molecule has 1 heterocycles. The fourth-order valence-electron chi connectivity index (χ4n) is 5.17. The maximum Gasteiger partial charge on any atom is 0.122 e. The molecule has 2 aliphatic rings. The smallest absolute Gasteiger partial charge is 0.122 e. The van der Waals surface area contributed by atoms with Gasteiger partial charge in [-0.1, -0.05) is 43.3 Å². The summed E-state index contributed by atoms with van der Waals surface area (Å²) >= 11 is 0. The molecule has 0 aromatic heterocycles. The average Bonchev–Trinajstić information content (AvgIpc) is 3.65. The van der Waals surface area contributed by atoms with Crippen molar-refractivity contribution >= 4 is 5.69 Å². The first-order valence-electron chi connectivity index (χ1n) is 12.7. The van der Waals surface area contributed by atoms with Crippen LogP contribution in [0, 0.1) is 5.41 Å². The maximum atomic E-state index is 9.53. The SMILES string of the molecule is CCc1ccccc1OCc1cc(-c2cccc([C@H](N)CO)c2)cc(N2CCC3(CC2)CC3)c1. The molecule has 1 saturated carbocycles. The van der Waals surface area contributed by atoms with Crippen LogP contribution in [-0.2, 0) is 13.0 Å². The lowest BCUT2D eigenvalue weighted by atomic mass is 9.92. The fourth-order valence-corrected chi connectivity index (χ4v) is 5.17. The number of ether oxygens (including phenoxy) is 1. The van der Waals surface area contributed by atoms with Crippen molar-refractivity contribution in [1.82, 2.24) is 0 Å². The van der Waals surface area contributed by atoms with Gasteiger partial charge in [0.05, 0.1) is 12.6 Å². The molecule has 3 aromatic rings. The molecule has 4 nitrogen and oxygen atoms in total. The van der Waals surface area contributed by atoms with Crippen LogP contribution in [0.15, 0.2) is 66.7 Å². The summed E-state index contributed by atoms with van der Waals surface area (Å²) in [5.41, 5.74) is 13.7. The molecule has 1 saturated heterocycles. The van der Waals surface area contributed by atoms with Gasteiger partial charge in [-0.3, -0.25) is 0 Å². The predicted octanol–water partition coefficient (Wildman–Crippen LogP) is 5.87. The molecule has 0 radical (unpaired) electrons. The number of aryl methyl sites for hydroxylation is 1. The van der Waals surface area contributed by atoms with E-state index < -0.39 is 0 Å². The average molecular weight is 457 g/mol. The lowest BCUT2D eigenvalue weighted by molar-refractivity contribution is 0.268. The van der Waals surface area contributed by atoms with E-state index in [1.54, 1.807) is 0 Å². The Labute approximate surface area is 203 Å². The normalized spacial score (nSPS) is 17.6. The molecular formula is C30H36N2O2. The molecule has 4 heteroatoms. The largest absolute Gasteiger partial charge is 0.489 e. The summed E-state index contributed by atoms with van der Waals surface area (Å²) in [6.07, 6.45) is 6.37. The number of anilines is 1. The van der Waals surface area contributed by atoms with Gasteiger partial charge in [0.1, 0.15) is 12.4 Å². The fraction of sp³-hybridized carbons (Fsp3) is 0.400. The van der Waals surface area contributed by atoms with E-state index in [4.69, 9.17) is 10.5 Å². The summed E-state index contributed by atoms with van der Waals surface area (Å²) in [4.78, 5) is 2.54. The van der Waals surface area contributed by atoms with Crippen LogP contribution < -0.4 is 15.4 Å². The number of rotatable bonds is 8. The predicted molar refractivity (Wildman–Crippen MR) is 139 cm³/mol. The lowest BCUT2D eigenvalue weighted by Gasteiger charge is -2.34. The van der Waals surface area contributed by atoms with Gasteiger partial charge in [0.2, 0.25) is 0 Å². The van der Waals surface area contributed by atoms with Crippen LogP contribution in [0.1, 0.15) is 55.3 Å². The number of aliphatic hydroxyl groups is 1. The molecule has 3 aromatic carbocycles. The number of para-hydroxylation sites is 1. The van der Waals surface area contributed by atoms with Crippen molar-refractivity contribution in [3.63, 3.8) is 0 Å². The molecule has 1 spiro atoms. The Hall–Kier alpha value is -2.82. The van der Waals surface area contributed by atoms with Crippen molar-refractivity contribution in [1.29, 1.82) is 0 Å². The van der Waals surface area contributed by atoms with Crippen LogP contribution in [0.25, 0.3) is 11.1 Å². The first-order chi connectivity index (χ1) is 16.6. The standard InChI is InChI=1S/C30H36N2O2/c1-2-23-6-3-4-9-29(23)34-21-22-16-26(24-7-5-8-25(18-24)28(31)20-33)19-27(17-22)32-14-12-30(10-11-30)13-15-32/h3-9,16-19,28,33H,2,10-15,20-21,31H2,1H3/t28-/m1/s1. The van der Waals surface area contributed by atoms with Crippen LogP contribution in [0.2, 0.25) is 0 Å². The van der Waals surface area contributed by atoms with Gasteiger partial charge in [0.25, 0.3) is 0 Å². The van der Waals surface area contributed by atoms with Crippen molar-refractivity contribution < 1.29 is 9.84 Å². The van der Waals surface area contributed by atoms with Crippen LogP contribution >= 0.6 is 0 Å². The Bertz CT molecular complexity index is 1130. The number of hydrogen-bond acceptors (Lipinski definition) is 4. The molecule has 3 N–H and O–H groups in total. The summed E-state index contributed by atoms with van der Waals surface area (Å²) in [6, 6.07) is 23.0. The van der Waals surface area contributed by atoms with Crippen molar-refractivity contribution in [3.05, 3.63) is 83.4 Å². The van der Waals surface area contributed by atoms with Crippen LogP contribution in [0.5, 0.6) is 5.75 Å². The molecular weight excluding hydrogens is 420 g/mol. The highest BCUT2D eigenvalue weighted by Gasteiger charge is 2.44. The van der Waals surface area contributed by atoms with E-state index in [-0.39, 0.29) is 12.6 Å². The highest BCUT2D eigenvalue weighted by Crippen LogP contribution is 2.54. The van der Waals surface area contributed by atoms with Gasteiger partial charge in [-0.25, -0.2) is 0 Å². The number of hydrogen-bond donors (Lipinski definition) is 2. The minimum atomic E-state index is -0.367. The molecule has 0 bridgehead atoms. The molecule has 2 fully saturated rings. The molecule has 178 valence electrons. The summed E-state index contributed by atoms with van der Waals surface area (Å²) in [5, 5.41) is 9.53. The monoisotopic (exact) mass is 456 g/mol. The number of nitrogens with zero attached hydrogens (tertiary/aromatic N) is 1. The third-order valence-corrected chi connectivity index (χ3v) is 7.72.